The Morgan fingerprint density at radius 1 is 1.24 bits per heavy atom. The molecule has 0 saturated heterocycles. The van der Waals surface area contributed by atoms with Gasteiger partial charge in [0.05, 0.1) is 6.61 Å². The van der Waals surface area contributed by atoms with Crippen molar-refractivity contribution in [1.29, 1.82) is 0 Å². The molecule has 0 aliphatic carbocycles. The van der Waals surface area contributed by atoms with Gasteiger partial charge in [-0.15, -0.1) is 6.58 Å². The Bertz CT molecular complexity index is 501. The minimum absolute atomic E-state index is 0.0137. The van der Waals surface area contributed by atoms with Gasteiger partial charge in [-0.3, -0.25) is 9.69 Å². The molecule has 7 heteroatoms. The summed E-state index contributed by atoms with van der Waals surface area (Å²) in [5.74, 6) is -1.15. The van der Waals surface area contributed by atoms with Gasteiger partial charge >= 0.3 is 12.0 Å². The van der Waals surface area contributed by atoms with Crippen molar-refractivity contribution in [3.63, 3.8) is 0 Å². The zero-order valence-electron chi connectivity index (χ0n) is 11.5. The molecule has 2 amide bonds. The fourth-order valence-electron chi connectivity index (χ4n) is 1.75. The third kappa shape index (κ3) is 4.81. The van der Waals surface area contributed by atoms with E-state index in [-0.39, 0.29) is 25.4 Å². The van der Waals surface area contributed by atoms with Crippen LogP contribution >= 0.6 is 0 Å². The lowest BCUT2D eigenvalue weighted by molar-refractivity contribution is -0.135. The van der Waals surface area contributed by atoms with Crippen molar-refractivity contribution in [2.75, 3.05) is 31.1 Å². The second kappa shape index (κ2) is 7.91. The quantitative estimate of drug-likeness (QED) is 0.648. The van der Waals surface area contributed by atoms with Crippen molar-refractivity contribution < 1.29 is 24.9 Å². The Kier molecular flexibility index (Phi) is 6.22. The number of carbonyl (C=O) groups excluding carboxylic acids is 1. The number of benzene rings is 1. The van der Waals surface area contributed by atoms with Crippen LogP contribution in [0.3, 0.4) is 0 Å². The summed E-state index contributed by atoms with van der Waals surface area (Å²) in [5.41, 5.74) is 0.340. The monoisotopic (exact) mass is 294 g/mol. The van der Waals surface area contributed by atoms with Crippen LogP contribution in [-0.4, -0.2) is 58.5 Å². The number of aromatic hydroxyl groups is 1. The number of carbonyl (C=O) groups is 2. The summed E-state index contributed by atoms with van der Waals surface area (Å²) >= 11 is 0. The third-order valence-corrected chi connectivity index (χ3v) is 2.68. The first-order chi connectivity index (χ1) is 9.99. The average Bonchev–Trinajstić information content (AvgIpc) is 2.45. The average molecular weight is 294 g/mol. The lowest BCUT2D eigenvalue weighted by Gasteiger charge is -2.28. The maximum Gasteiger partial charge on any atom is 0.325 e. The lowest BCUT2D eigenvalue weighted by atomic mass is 10.2. The number of phenolic OH excluding ortho intramolecular Hbond substituents is 1. The normalized spacial score (nSPS) is 9.95. The van der Waals surface area contributed by atoms with Crippen LogP contribution in [0.1, 0.15) is 0 Å². The van der Waals surface area contributed by atoms with E-state index in [4.69, 9.17) is 10.2 Å². The van der Waals surface area contributed by atoms with E-state index in [9.17, 15) is 14.7 Å². The van der Waals surface area contributed by atoms with E-state index >= 15 is 0 Å². The van der Waals surface area contributed by atoms with Crippen LogP contribution in [-0.2, 0) is 4.79 Å². The molecule has 0 heterocycles. The topological polar surface area (TPSA) is 101 Å². The predicted octanol–water partition coefficient (Wildman–Crippen LogP) is 0.883. The van der Waals surface area contributed by atoms with Crippen LogP contribution < -0.4 is 4.90 Å². The van der Waals surface area contributed by atoms with E-state index < -0.39 is 18.5 Å². The van der Waals surface area contributed by atoms with E-state index in [1.807, 2.05) is 0 Å². The largest absolute Gasteiger partial charge is 0.508 e. The van der Waals surface area contributed by atoms with Gasteiger partial charge in [0.15, 0.2) is 0 Å². The molecule has 1 aromatic rings. The number of hydrogen-bond acceptors (Lipinski definition) is 4. The zero-order chi connectivity index (χ0) is 15.8. The first-order valence-corrected chi connectivity index (χ1v) is 6.28. The van der Waals surface area contributed by atoms with Crippen molar-refractivity contribution in [2.24, 2.45) is 0 Å². The number of hydrogen-bond donors (Lipinski definition) is 3. The Morgan fingerprint density at radius 2 is 1.86 bits per heavy atom. The van der Waals surface area contributed by atoms with Gasteiger partial charge in [-0.25, -0.2) is 4.79 Å². The van der Waals surface area contributed by atoms with Crippen LogP contribution in [0.15, 0.2) is 36.9 Å². The summed E-state index contributed by atoms with van der Waals surface area (Å²) < 4.78 is 0. The number of aliphatic carboxylic acids is 1. The van der Waals surface area contributed by atoms with E-state index in [0.717, 1.165) is 4.90 Å². The Hall–Kier alpha value is -2.54. The number of aliphatic hydroxyl groups excluding tert-OH is 1. The molecule has 0 saturated carbocycles. The maximum atomic E-state index is 12.4. The van der Waals surface area contributed by atoms with Crippen LogP contribution in [0.5, 0.6) is 5.75 Å². The van der Waals surface area contributed by atoms with Crippen molar-refractivity contribution in [2.45, 2.75) is 0 Å². The van der Waals surface area contributed by atoms with E-state index in [1.54, 1.807) is 0 Å². The van der Waals surface area contributed by atoms with Crippen LogP contribution in [0, 0.1) is 0 Å². The highest BCUT2D eigenvalue weighted by Crippen LogP contribution is 2.19. The molecule has 3 N–H and O–H groups in total. The number of nitrogens with zero attached hydrogens (tertiary/aromatic N) is 2. The Morgan fingerprint density at radius 3 is 2.33 bits per heavy atom. The van der Waals surface area contributed by atoms with Crippen molar-refractivity contribution in [3.8, 4) is 5.75 Å². The molecule has 0 bridgehead atoms. The SMILES string of the molecule is C=CCN(CCO)C(=O)N(CC(=O)O)c1ccc(O)cc1. The minimum atomic E-state index is -1.17. The Balaban J connectivity index is 3.04. The van der Waals surface area contributed by atoms with E-state index in [0.29, 0.717) is 5.69 Å². The van der Waals surface area contributed by atoms with Crippen LogP contribution in [0.25, 0.3) is 0 Å². The lowest BCUT2D eigenvalue weighted by Crippen LogP contribution is -2.46. The van der Waals surface area contributed by atoms with Gasteiger partial charge in [-0.2, -0.15) is 0 Å². The van der Waals surface area contributed by atoms with Gasteiger partial charge in [-0.05, 0) is 24.3 Å². The molecule has 0 radical (unpaired) electrons. The molecule has 0 spiro atoms. The molecule has 21 heavy (non-hydrogen) atoms. The molecule has 114 valence electrons. The van der Waals surface area contributed by atoms with Crippen molar-refractivity contribution >= 4 is 17.7 Å². The molecule has 0 aliphatic heterocycles. The second-order valence-electron chi connectivity index (χ2n) is 4.24. The number of carboxylic acids is 1. The van der Waals surface area contributed by atoms with Gasteiger partial charge < -0.3 is 20.2 Å². The molecule has 7 nitrogen and oxygen atoms in total. The second-order valence-corrected chi connectivity index (χ2v) is 4.24. The highest BCUT2D eigenvalue weighted by Gasteiger charge is 2.23. The first kappa shape index (κ1) is 16.5. The van der Waals surface area contributed by atoms with Gasteiger partial charge in [0, 0.05) is 18.8 Å². The smallest absolute Gasteiger partial charge is 0.325 e. The minimum Gasteiger partial charge on any atom is -0.508 e. The van der Waals surface area contributed by atoms with Crippen molar-refractivity contribution in [1.82, 2.24) is 4.90 Å². The Labute approximate surface area is 122 Å². The molecule has 0 aromatic heterocycles. The van der Waals surface area contributed by atoms with Crippen molar-refractivity contribution in [3.05, 3.63) is 36.9 Å². The third-order valence-electron chi connectivity index (χ3n) is 2.68. The number of phenols is 1. The molecule has 0 unspecified atom stereocenters. The molecular weight excluding hydrogens is 276 g/mol. The van der Waals surface area contributed by atoms with Crippen LogP contribution in [0.4, 0.5) is 10.5 Å². The summed E-state index contributed by atoms with van der Waals surface area (Å²) in [6.45, 7) is 3.02. The maximum absolute atomic E-state index is 12.4. The number of carboxylic acid groups (broad SMARTS) is 1. The summed E-state index contributed by atoms with van der Waals surface area (Å²) in [6, 6.07) is 5.06. The summed E-state index contributed by atoms with van der Waals surface area (Å²) in [4.78, 5) is 25.7. The summed E-state index contributed by atoms with van der Waals surface area (Å²) in [7, 11) is 0. The standard InChI is InChI=1S/C14H18N2O5/c1-2-7-15(8-9-17)14(21)16(10-13(19)20)11-3-5-12(18)6-4-11/h2-6,17-18H,1,7-10H2,(H,19,20). The molecule has 1 aromatic carbocycles. The molecular formula is C14H18N2O5. The highest BCUT2D eigenvalue weighted by molar-refractivity contribution is 5.96. The van der Waals surface area contributed by atoms with Gasteiger partial charge in [-0.1, -0.05) is 6.08 Å². The van der Waals surface area contributed by atoms with Gasteiger partial charge in [0.2, 0.25) is 0 Å². The fourth-order valence-corrected chi connectivity index (χ4v) is 1.75. The van der Waals surface area contributed by atoms with E-state index in [1.165, 1.54) is 35.2 Å². The summed E-state index contributed by atoms with van der Waals surface area (Å²) in [6.07, 6.45) is 1.49. The zero-order valence-corrected chi connectivity index (χ0v) is 11.5. The highest BCUT2D eigenvalue weighted by atomic mass is 16.4. The number of rotatable bonds is 7. The van der Waals surface area contributed by atoms with Crippen LogP contribution in [0.2, 0.25) is 0 Å². The van der Waals surface area contributed by atoms with Gasteiger partial charge in [0.25, 0.3) is 0 Å². The fraction of sp³-hybridized carbons (Fsp3) is 0.286. The summed E-state index contributed by atoms with van der Waals surface area (Å²) in [5, 5.41) is 27.2. The number of urea groups is 1. The first-order valence-electron chi connectivity index (χ1n) is 6.28. The van der Waals surface area contributed by atoms with Gasteiger partial charge in [0.1, 0.15) is 12.3 Å². The molecule has 0 fully saturated rings. The molecule has 0 aliphatic rings. The molecule has 0 atom stereocenters. The van der Waals surface area contributed by atoms with E-state index in [2.05, 4.69) is 6.58 Å². The molecule has 1 rings (SSSR count). The number of amides is 2. The number of anilines is 1. The predicted molar refractivity (Wildman–Crippen MR) is 77.3 cm³/mol. The number of aliphatic hydroxyl groups is 1.